The Bertz CT molecular complexity index is 1060. The van der Waals surface area contributed by atoms with E-state index in [0.717, 1.165) is 0 Å². The molecule has 0 bridgehead atoms. The molecule has 9 heteroatoms. The average Bonchev–Trinajstić information content (AvgIpc) is 2.62. The summed E-state index contributed by atoms with van der Waals surface area (Å²) in [5.41, 5.74) is 1.01. The van der Waals surface area contributed by atoms with E-state index in [1.165, 1.54) is 36.5 Å². The number of rotatable bonds is 2. The molecule has 2 aliphatic heterocycles. The maximum Gasteiger partial charge on any atom is 0.372 e. The Labute approximate surface area is 151 Å². The van der Waals surface area contributed by atoms with Gasteiger partial charge in [0.05, 0.1) is 10.5 Å². The standard InChI is InChI=1S/C17H9ClN4O4/c18-12-1-4-14(5-2-12)22(26)15-6-3-13(21(24)25)8-10(15)7-11-9-19-17(23)20-16(11)22/h1-9H. The summed E-state index contributed by atoms with van der Waals surface area (Å²) in [6.45, 7) is 0. The molecule has 0 N–H and O–H groups in total. The van der Waals surface area contributed by atoms with Crippen molar-refractivity contribution in [3.8, 4) is 0 Å². The molecule has 1 atom stereocenters. The van der Waals surface area contributed by atoms with Gasteiger partial charge < -0.3 is 5.21 Å². The number of nitrogens with zero attached hydrogens (tertiary/aromatic N) is 4. The van der Waals surface area contributed by atoms with E-state index in [-0.39, 0.29) is 22.9 Å². The lowest BCUT2D eigenvalue weighted by atomic mass is 9.99. The monoisotopic (exact) mass is 368 g/mol. The number of halogens is 1. The Morgan fingerprint density at radius 1 is 1.12 bits per heavy atom. The Morgan fingerprint density at radius 2 is 1.85 bits per heavy atom. The van der Waals surface area contributed by atoms with Gasteiger partial charge in [0.1, 0.15) is 5.69 Å². The number of hydroxylamine groups is 1. The third-order valence-corrected chi connectivity index (χ3v) is 4.39. The van der Waals surface area contributed by atoms with Gasteiger partial charge in [0.25, 0.3) is 11.5 Å². The van der Waals surface area contributed by atoms with Crippen LogP contribution in [0, 0.1) is 15.3 Å². The number of fused-ring (bicyclic) bond motifs is 2. The molecule has 8 nitrogen and oxygen atoms in total. The predicted octanol–water partition coefficient (Wildman–Crippen LogP) is 4.38. The van der Waals surface area contributed by atoms with Crippen molar-refractivity contribution in [1.82, 2.24) is 4.65 Å². The highest BCUT2D eigenvalue weighted by Crippen LogP contribution is 2.44. The van der Waals surface area contributed by atoms with Crippen molar-refractivity contribution in [1.29, 1.82) is 0 Å². The van der Waals surface area contributed by atoms with Crippen LogP contribution < -0.4 is 4.65 Å². The fourth-order valence-electron chi connectivity index (χ4n) is 2.97. The van der Waals surface area contributed by atoms with E-state index in [9.17, 15) is 20.1 Å². The number of amidine groups is 1. The molecule has 0 saturated carbocycles. The Morgan fingerprint density at radius 3 is 2.54 bits per heavy atom. The van der Waals surface area contributed by atoms with Gasteiger partial charge >= 0.3 is 6.03 Å². The average molecular weight is 369 g/mol. The maximum absolute atomic E-state index is 14.0. The summed E-state index contributed by atoms with van der Waals surface area (Å²) < 4.78 is -1.17. The highest BCUT2D eigenvalue weighted by molar-refractivity contribution is 6.32. The van der Waals surface area contributed by atoms with Crippen LogP contribution >= 0.6 is 11.6 Å². The Balaban J connectivity index is 2.03. The van der Waals surface area contributed by atoms with Crippen molar-refractivity contribution in [3.63, 3.8) is 0 Å². The number of quaternary nitrogens is 1. The number of hydrogen-bond donors (Lipinski definition) is 0. The molecule has 2 aromatic carbocycles. The van der Waals surface area contributed by atoms with Gasteiger partial charge in [0.2, 0.25) is 0 Å². The molecule has 26 heavy (non-hydrogen) atoms. The second-order valence-corrected chi connectivity index (χ2v) is 6.10. The summed E-state index contributed by atoms with van der Waals surface area (Å²) >= 11 is 5.91. The smallest absolute Gasteiger partial charge is 0.372 e. The van der Waals surface area contributed by atoms with E-state index in [0.29, 0.717) is 16.2 Å². The summed E-state index contributed by atoms with van der Waals surface area (Å²) in [4.78, 5) is 29.6. The zero-order chi connectivity index (χ0) is 18.5. The molecule has 0 saturated heterocycles. The van der Waals surface area contributed by atoms with Gasteiger partial charge in [0, 0.05) is 47.1 Å². The normalized spacial score (nSPS) is 20.8. The molecule has 2 aromatic rings. The van der Waals surface area contributed by atoms with Gasteiger partial charge in [-0.05, 0) is 18.2 Å². The first-order chi connectivity index (χ1) is 12.4. The maximum atomic E-state index is 14.0. The van der Waals surface area contributed by atoms with Gasteiger partial charge in [-0.3, -0.25) is 10.1 Å². The largest absolute Gasteiger partial charge is 0.615 e. The van der Waals surface area contributed by atoms with Crippen LogP contribution in [0.5, 0.6) is 0 Å². The van der Waals surface area contributed by atoms with Crippen molar-refractivity contribution in [2.45, 2.75) is 0 Å². The molecule has 0 aromatic heterocycles. The molecule has 0 radical (unpaired) electrons. The molecule has 0 fully saturated rings. The fraction of sp³-hybridized carbons (Fsp3) is 0. The lowest BCUT2D eigenvalue weighted by molar-refractivity contribution is -0.384. The zero-order valence-corrected chi connectivity index (χ0v) is 13.8. The minimum atomic E-state index is -1.17. The summed E-state index contributed by atoms with van der Waals surface area (Å²) in [5.74, 6) is -0.0475. The molecule has 2 aliphatic rings. The van der Waals surface area contributed by atoms with Crippen LogP contribution in [-0.4, -0.2) is 23.0 Å². The number of nitro benzene ring substituents is 1. The van der Waals surface area contributed by atoms with E-state index in [1.807, 2.05) is 0 Å². The molecule has 0 aliphatic carbocycles. The van der Waals surface area contributed by atoms with Crippen molar-refractivity contribution < 1.29 is 9.72 Å². The lowest BCUT2D eigenvalue weighted by Crippen LogP contribution is -2.48. The van der Waals surface area contributed by atoms with Crippen molar-refractivity contribution in [2.24, 2.45) is 9.98 Å². The lowest BCUT2D eigenvalue weighted by Gasteiger charge is -2.44. The number of non-ortho nitro benzene ring substituents is 1. The third-order valence-electron chi connectivity index (χ3n) is 4.13. The molecular weight excluding hydrogens is 360 g/mol. The molecule has 0 spiro atoms. The number of urea groups is 1. The molecule has 4 rings (SSSR count). The quantitative estimate of drug-likeness (QED) is 0.339. The van der Waals surface area contributed by atoms with Gasteiger partial charge in [-0.1, -0.05) is 11.6 Å². The first kappa shape index (κ1) is 16.3. The predicted molar refractivity (Wildman–Crippen MR) is 98.7 cm³/mol. The SMILES string of the molecule is O=C1N=CC2=Cc3cc([N+](=O)[O-])ccc3[N+]([O-])(c3ccc(Cl)cc3)C2=N1. The second kappa shape index (κ2) is 5.67. The zero-order valence-electron chi connectivity index (χ0n) is 13.0. The Kier molecular flexibility index (Phi) is 3.55. The minimum Gasteiger partial charge on any atom is -0.615 e. The number of hydrogen-bond acceptors (Lipinski definition) is 4. The van der Waals surface area contributed by atoms with Crippen LogP contribution in [0.2, 0.25) is 5.02 Å². The summed E-state index contributed by atoms with van der Waals surface area (Å²) in [6, 6.07) is 9.32. The van der Waals surface area contributed by atoms with Crippen molar-refractivity contribution >= 4 is 52.8 Å². The number of carbonyl (C=O) groups excluding carboxylic acids is 1. The van der Waals surface area contributed by atoms with E-state index in [2.05, 4.69) is 9.98 Å². The number of nitro groups is 1. The molecular formula is C17H9ClN4O4. The molecule has 2 heterocycles. The van der Waals surface area contributed by atoms with Gasteiger partial charge in [-0.25, -0.2) is 9.44 Å². The van der Waals surface area contributed by atoms with Gasteiger partial charge in [-0.15, -0.1) is 4.99 Å². The second-order valence-electron chi connectivity index (χ2n) is 5.66. The van der Waals surface area contributed by atoms with Crippen LogP contribution in [0.1, 0.15) is 5.56 Å². The topological polar surface area (TPSA) is 108 Å². The molecule has 2 amide bonds. The highest BCUT2D eigenvalue weighted by atomic mass is 35.5. The minimum absolute atomic E-state index is 0.0475. The highest BCUT2D eigenvalue weighted by Gasteiger charge is 2.40. The van der Waals surface area contributed by atoms with Crippen LogP contribution in [0.15, 0.2) is 58.0 Å². The van der Waals surface area contributed by atoms with Crippen molar-refractivity contribution in [2.75, 3.05) is 0 Å². The van der Waals surface area contributed by atoms with E-state index < -0.39 is 15.6 Å². The van der Waals surface area contributed by atoms with Gasteiger partial charge in [0.15, 0.2) is 5.69 Å². The first-order valence-corrected chi connectivity index (χ1v) is 7.82. The van der Waals surface area contributed by atoms with E-state index in [4.69, 9.17) is 11.6 Å². The number of benzene rings is 2. The number of aliphatic imine (C=N–C) groups is 2. The first-order valence-electron chi connectivity index (χ1n) is 7.44. The molecule has 128 valence electrons. The van der Waals surface area contributed by atoms with Gasteiger partial charge in [-0.2, -0.15) is 4.99 Å². The van der Waals surface area contributed by atoms with Crippen LogP contribution in [0.4, 0.5) is 21.9 Å². The van der Waals surface area contributed by atoms with E-state index in [1.54, 1.807) is 18.2 Å². The Hall–Kier alpha value is -3.20. The van der Waals surface area contributed by atoms with Crippen molar-refractivity contribution in [3.05, 3.63) is 73.9 Å². The number of amides is 2. The molecule has 1 unspecified atom stereocenters. The summed E-state index contributed by atoms with van der Waals surface area (Å²) in [6.07, 6.45) is 2.80. The third kappa shape index (κ3) is 2.36. The van der Waals surface area contributed by atoms with Crippen LogP contribution in [-0.2, 0) is 0 Å². The van der Waals surface area contributed by atoms with Crippen LogP contribution in [0.25, 0.3) is 6.08 Å². The van der Waals surface area contributed by atoms with E-state index >= 15 is 0 Å². The summed E-state index contributed by atoms with van der Waals surface area (Å²) in [7, 11) is 0. The van der Waals surface area contributed by atoms with Crippen LogP contribution in [0.3, 0.4) is 0 Å². The number of carbonyl (C=O) groups is 1. The fourth-order valence-corrected chi connectivity index (χ4v) is 3.10. The summed E-state index contributed by atoms with van der Waals surface area (Å²) in [5, 5.41) is 25.5.